The van der Waals surface area contributed by atoms with Crippen LogP contribution in [0.5, 0.6) is 0 Å². The Balaban J connectivity index is 1.52. The van der Waals surface area contributed by atoms with Gasteiger partial charge in [0, 0.05) is 22.9 Å². The van der Waals surface area contributed by atoms with Gasteiger partial charge in [-0.05, 0) is 49.7 Å². The number of hydrogen-bond acceptors (Lipinski definition) is 5. The minimum absolute atomic E-state index is 0.282. The smallest absolute Gasteiger partial charge is 0.315 e. The van der Waals surface area contributed by atoms with Crippen molar-refractivity contribution in [3.05, 3.63) is 78.5 Å². The van der Waals surface area contributed by atoms with Gasteiger partial charge in [0.2, 0.25) is 0 Å². The van der Waals surface area contributed by atoms with Crippen LogP contribution in [0.1, 0.15) is 29.8 Å². The van der Waals surface area contributed by atoms with Crippen LogP contribution >= 0.6 is 0 Å². The number of benzene rings is 1. The lowest BCUT2D eigenvalue weighted by Gasteiger charge is -2.22. The average molecular weight is 403 g/mol. The van der Waals surface area contributed by atoms with E-state index in [1.807, 2.05) is 28.8 Å². The Labute approximate surface area is 173 Å². The number of esters is 1. The van der Waals surface area contributed by atoms with E-state index in [-0.39, 0.29) is 11.9 Å². The van der Waals surface area contributed by atoms with Gasteiger partial charge in [0.15, 0.2) is 5.82 Å². The van der Waals surface area contributed by atoms with Crippen LogP contribution < -0.4 is 5.32 Å². The Hall–Kier alpha value is -3.87. The molecule has 0 aliphatic carbocycles. The summed E-state index contributed by atoms with van der Waals surface area (Å²) in [5.74, 6) is -0.168. The van der Waals surface area contributed by atoms with Gasteiger partial charge in [-0.15, -0.1) is 0 Å². The number of pyridine rings is 1. The summed E-state index contributed by atoms with van der Waals surface area (Å²) in [4.78, 5) is 29.0. The Morgan fingerprint density at radius 3 is 2.47 bits per heavy atom. The third-order valence-electron chi connectivity index (χ3n) is 5.11. The van der Waals surface area contributed by atoms with E-state index in [1.165, 1.54) is 7.11 Å². The second-order valence-corrected chi connectivity index (χ2v) is 7.47. The van der Waals surface area contributed by atoms with E-state index in [0.29, 0.717) is 17.0 Å². The fraction of sp³-hybridized carbons (Fsp3) is 0.174. The number of imidazole rings is 1. The van der Waals surface area contributed by atoms with Gasteiger partial charge in [-0.1, -0.05) is 12.1 Å². The van der Waals surface area contributed by atoms with Crippen molar-refractivity contribution in [2.75, 3.05) is 12.4 Å². The molecule has 1 N–H and O–H groups in total. The summed E-state index contributed by atoms with van der Waals surface area (Å²) < 4.78 is 11.8. The number of methoxy groups -OCH3 is 1. The predicted octanol–water partition coefficient (Wildman–Crippen LogP) is 4.30. The van der Waals surface area contributed by atoms with Crippen LogP contribution in [-0.4, -0.2) is 28.4 Å². The standard InChI is InChI=1S/C23H21N3O4/c1-23(2,22(28)29-3)18-7-4-15(5-8-18)21(27)25-19-13-26-12-16(6-9-20(26)24-19)17-10-11-30-14-17/h4-14H,1-3H3,(H,25,27). The number of aromatic nitrogens is 2. The largest absolute Gasteiger partial charge is 0.472 e. The maximum absolute atomic E-state index is 12.6. The number of nitrogens with zero attached hydrogens (tertiary/aromatic N) is 2. The molecule has 7 nitrogen and oxygen atoms in total. The molecular weight excluding hydrogens is 382 g/mol. The van der Waals surface area contributed by atoms with Crippen molar-refractivity contribution in [2.45, 2.75) is 19.3 Å². The predicted molar refractivity (Wildman–Crippen MR) is 112 cm³/mol. The number of carbonyl (C=O) groups is 2. The first kappa shape index (κ1) is 19.4. The lowest BCUT2D eigenvalue weighted by molar-refractivity contribution is -0.146. The highest BCUT2D eigenvalue weighted by Crippen LogP contribution is 2.25. The van der Waals surface area contributed by atoms with Crippen LogP contribution in [0.2, 0.25) is 0 Å². The first-order valence-electron chi connectivity index (χ1n) is 9.40. The number of ether oxygens (including phenoxy) is 1. The SMILES string of the molecule is COC(=O)C(C)(C)c1ccc(C(=O)Nc2cn3cc(-c4ccoc4)ccc3n2)cc1. The molecule has 4 aromatic rings. The number of amides is 1. The summed E-state index contributed by atoms with van der Waals surface area (Å²) in [6.07, 6.45) is 6.97. The third kappa shape index (κ3) is 3.57. The maximum atomic E-state index is 12.6. The normalized spacial score (nSPS) is 11.4. The van der Waals surface area contributed by atoms with Crippen molar-refractivity contribution in [3.63, 3.8) is 0 Å². The molecule has 3 aromatic heterocycles. The summed E-state index contributed by atoms with van der Waals surface area (Å²) in [5, 5.41) is 2.81. The number of anilines is 1. The molecule has 152 valence electrons. The zero-order valence-electron chi connectivity index (χ0n) is 16.9. The minimum atomic E-state index is -0.794. The van der Waals surface area contributed by atoms with E-state index in [2.05, 4.69) is 10.3 Å². The number of nitrogens with one attached hydrogen (secondary N) is 1. The number of furan rings is 1. The zero-order valence-corrected chi connectivity index (χ0v) is 16.9. The van der Waals surface area contributed by atoms with Gasteiger partial charge in [0.1, 0.15) is 5.65 Å². The van der Waals surface area contributed by atoms with Crippen molar-refractivity contribution in [3.8, 4) is 11.1 Å². The summed E-state index contributed by atoms with van der Waals surface area (Å²) in [6.45, 7) is 3.56. The third-order valence-corrected chi connectivity index (χ3v) is 5.11. The van der Waals surface area contributed by atoms with Crippen LogP contribution in [0.25, 0.3) is 16.8 Å². The molecule has 0 unspecified atom stereocenters. The van der Waals surface area contributed by atoms with Crippen LogP contribution in [0.3, 0.4) is 0 Å². The number of hydrogen-bond donors (Lipinski definition) is 1. The fourth-order valence-corrected chi connectivity index (χ4v) is 3.25. The van der Waals surface area contributed by atoms with Crippen LogP contribution in [0.4, 0.5) is 5.82 Å². The molecule has 0 saturated carbocycles. The monoisotopic (exact) mass is 403 g/mol. The average Bonchev–Trinajstić information content (AvgIpc) is 3.42. The Morgan fingerprint density at radius 1 is 1.03 bits per heavy atom. The van der Waals surface area contributed by atoms with Crippen molar-refractivity contribution < 1.29 is 18.7 Å². The van der Waals surface area contributed by atoms with E-state index >= 15 is 0 Å². The summed E-state index contributed by atoms with van der Waals surface area (Å²) in [5.41, 5.74) is 3.10. The number of rotatable bonds is 5. The minimum Gasteiger partial charge on any atom is -0.472 e. The van der Waals surface area contributed by atoms with E-state index < -0.39 is 5.41 Å². The molecule has 3 heterocycles. The molecule has 0 aliphatic rings. The van der Waals surface area contributed by atoms with Gasteiger partial charge in [0.05, 0.1) is 31.2 Å². The zero-order chi connectivity index (χ0) is 21.3. The van der Waals surface area contributed by atoms with E-state index in [1.54, 1.807) is 56.8 Å². The summed E-state index contributed by atoms with van der Waals surface area (Å²) in [7, 11) is 1.36. The molecule has 0 spiro atoms. The van der Waals surface area contributed by atoms with Crippen molar-refractivity contribution in [2.24, 2.45) is 0 Å². The summed E-state index contributed by atoms with van der Waals surface area (Å²) in [6, 6.07) is 12.6. The Bertz CT molecular complexity index is 1210. The van der Waals surface area contributed by atoms with Gasteiger partial charge >= 0.3 is 5.97 Å². The first-order valence-corrected chi connectivity index (χ1v) is 9.40. The first-order chi connectivity index (χ1) is 14.4. The molecule has 7 heteroatoms. The van der Waals surface area contributed by atoms with Crippen LogP contribution in [0.15, 0.2) is 71.8 Å². The van der Waals surface area contributed by atoms with Gasteiger partial charge in [-0.2, -0.15) is 0 Å². The molecule has 0 saturated heterocycles. The molecule has 0 aliphatic heterocycles. The molecular formula is C23H21N3O4. The van der Waals surface area contributed by atoms with E-state index in [0.717, 1.165) is 16.7 Å². The quantitative estimate of drug-likeness (QED) is 0.502. The molecule has 0 atom stereocenters. The molecule has 0 fully saturated rings. The molecule has 0 radical (unpaired) electrons. The highest BCUT2D eigenvalue weighted by atomic mass is 16.5. The van der Waals surface area contributed by atoms with Crippen LogP contribution in [0, 0.1) is 0 Å². The van der Waals surface area contributed by atoms with Crippen molar-refractivity contribution in [1.29, 1.82) is 0 Å². The molecule has 30 heavy (non-hydrogen) atoms. The highest BCUT2D eigenvalue weighted by molar-refractivity contribution is 6.04. The van der Waals surface area contributed by atoms with Crippen molar-refractivity contribution in [1.82, 2.24) is 9.38 Å². The van der Waals surface area contributed by atoms with Gasteiger partial charge in [-0.25, -0.2) is 4.98 Å². The van der Waals surface area contributed by atoms with Crippen molar-refractivity contribution >= 4 is 23.3 Å². The molecule has 0 bridgehead atoms. The summed E-state index contributed by atoms with van der Waals surface area (Å²) >= 11 is 0. The maximum Gasteiger partial charge on any atom is 0.315 e. The lowest BCUT2D eigenvalue weighted by Crippen LogP contribution is -2.30. The van der Waals surface area contributed by atoms with Gasteiger partial charge < -0.3 is 18.9 Å². The fourth-order valence-electron chi connectivity index (χ4n) is 3.25. The molecule has 1 aromatic carbocycles. The Morgan fingerprint density at radius 2 is 1.80 bits per heavy atom. The van der Waals surface area contributed by atoms with Gasteiger partial charge in [0.25, 0.3) is 5.91 Å². The molecule has 4 rings (SSSR count). The second-order valence-electron chi connectivity index (χ2n) is 7.47. The van der Waals surface area contributed by atoms with E-state index in [9.17, 15) is 9.59 Å². The number of carbonyl (C=O) groups excluding carboxylic acids is 2. The molecule has 1 amide bonds. The van der Waals surface area contributed by atoms with Gasteiger partial charge in [-0.3, -0.25) is 9.59 Å². The Kier molecular flexibility index (Phi) is 4.87. The number of fused-ring (bicyclic) bond motifs is 1. The second kappa shape index (κ2) is 7.51. The highest BCUT2D eigenvalue weighted by Gasteiger charge is 2.30. The van der Waals surface area contributed by atoms with Crippen LogP contribution in [-0.2, 0) is 14.9 Å². The van der Waals surface area contributed by atoms with E-state index in [4.69, 9.17) is 9.15 Å². The topological polar surface area (TPSA) is 85.8 Å². The lowest BCUT2D eigenvalue weighted by atomic mass is 9.84.